The van der Waals surface area contributed by atoms with E-state index in [0.29, 0.717) is 17.3 Å². The molecule has 6 fully saturated rings. The number of hydrogen-bond donors (Lipinski definition) is 6. The van der Waals surface area contributed by atoms with Gasteiger partial charge in [0.25, 0.3) is 0 Å². The van der Waals surface area contributed by atoms with Gasteiger partial charge in [0.15, 0.2) is 6.10 Å². The molecule has 0 bridgehead atoms. The van der Waals surface area contributed by atoms with Crippen molar-refractivity contribution in [1.82, 2.24) is 0 Å². The number of carbonyl (C=O) groups excluding carboxylic acids is 6. The Bertz CT molecular complexity index is 1590. The third-order valence-electron chi connectivity index (χ3n) is 11.0. The average molecular weight is 1200 g/mol. The lowest BCUT2D eigenvalue weighted by Crippen LogP contribution is -2.41. The molecule has 6 N–H and O–H groups in total. The number of ether oxygens (including phenoxy) is 6. The summed E-state index contributed by atoms with van der Waals surface area (Å²) >= 11 is 10.2. The van der Waals surface area contributed by atoms with Crippen LogP contribution in [0.4, 0.5) is 26.3 Å². The van der Waals surface area contributed by atoms with E-state index in [0.717, 1.165) is 41.5 Å². The van der Waals surface area contributed by atoms with Crippen molar-refractivity contribution in [3.8, 4) is 0 Å². The lowest BCUT2D eigenvalue weighted by atomic mass is 9.99. The van der Waals surface area contributed by atoms with E-state index >= 15 is 0 Å². The highest BCUT2D eigenvalue weighted by atomic mass is 127. The molecule has 68 heavy (non-hydrogen) atoms. The predicted octanol–water partition coefficient (Wildman–Crippen LogP) is 1.17. The van der Waals surface area contributed by atoms with Gasteiger partial charge in [0.1, 0.15) is 67.1 Å². The Kier molecular flexibility index (Phi) is 22.7. The number of nitrogens with zero attached hydrogens (tertiary/aromatic N) is 1. The first kappa shape index (κ1) is 63.1. The first-order chi connectivity index (χ1) is 30.8. The van der Waals surface area contributed by atoms with Crippen LogP contribution >= 0.6 is 50.1 Å². The maximum Gasteiger partial charge on any atom is 0.347 e. The fourth-order valence-corrected chi connectivity index (χ4v) is 7.35. The summed E-state index contributed by atoms with van der Waals surface area (Å²) in [6.45, 7) is 8.60. The van der Waals surface area contributed by atoms with Crippen LogP contribution in [-0.2, 0) is 57.2 Å². The molecule has 6 heterocycles. The maximum absolute atomic E-state index is 13.2. The Morgan fingerprint density at radius 1 is 0.515 bits per heavy atom. The number of halogens is 9. The van der Waals surface area contributed by atoms with Crippen LogP contribution in [0.1, 0.15) is 68.2 Å². The third kappa shape index (κ3) is 14.1. The molecule has 0 aliphatic carbocycles. The zero-order valence-electron chi connectivity index (χ0n) is 37.4. The first-order valence-electron chi connectivity index (χ1n) is 20.1. The van der Waals surface area contributed by atoms with E-state index in [1.807, 2.05) is 22.6 Å². The second-order valence-electron chi connectivity index (χ2n) is 16.6. The molecule has 0 aromatic carbocycles. The summed E-state index contributed by atoms with van der Waals surface area (Å²) in [4.78, 5) is 73.5. The Labute approximate surface area is 411 Å². The monoisotopic (exact) mass is 1200 g/mol. The van der Waals surface area contributed by atoms with Crippen LogP contribution in [0, 0.1) is 10.1 Å². The van der Waals surface area contributed by atoms with Gasteiger partial charge in [-0.05, 0) is 54.4 Å². The molecule has 0 amide bonds. The summed E-state index contributed by atoms with van der Waals surface area (Å²) in [6.07, 6.45) is -12.8. The fraction of sp³-hybridized carbons (Fsp3) is 0.842. The summed E-state index contributed by atoms with van der Waals surface area (Å²) in [5, 5.41) is 65.1. The second kappa shape index (κ2) is 24.5. The van der Waals surface area contributed by atoms with E-state index in [-0.39, 0.29) is 11.2 Å². The van der Waals surface area contributed by atoms with Gasteiger partial charge in [-0.2, -0.15) is 0 Å². The van der Waals surface area contributed by atoms with Crippen LogP contribution in [0.5, 0.6) is 0 Å². The Hall–Kier alpha value is -2.94. The van der Waals surface area contributed by atoms with Crippen LogP contribution in [0.15, 0.2) is 0 Å². The number of rotatable bonds is 7. The number of carbonyl (C=O) groups is 6. The molecule has 0 unspecified atom stereocenters. The highest BCUT2D eigenvalue weighted by molar-refractivity contribution is 14.1. The molecular formula is C38H54BrClF6INO20. The molecule has 0 saturated carbocycles. The number of cyclic esters (lactones) is 6. The van der Waals surface area contributed by atoms with Crippen molar-refractivity contribution < 1.29 is 119 Å². The molecule has 6 saturated heterocycles. The molecule has 6 rings (SSSR count). The van der Waals surface area contributed by atoms with Gasteiger partial charge in [-0.3, -0.25) is 10.1 Å². The van der Waals surface area contributed by atoms with Crippen LogP contribution in [0.2, 0.25) is 0 Å². The summed E-state index contributed by atoms with van der Waals surface area (Å²) in [6, 6.07) is 0. The van der Waals surface area contributed by atoms with Gasteiger partial charge >= 0.3 is 35.8 Å². The Morgan fingerprint density at radius 2 is 0.735 bits per heavy atom. The second-order valence-corrected chi connectivity index (χ2v) is 18.4. The van der Waals surface area contributed by atoms with Crippen LogP contribution in [0.25, 0.3) is 0 Å². The van der Waals surface area contributed by atoms with E-state index < -0.39 is 155 Å². The van der Waals surface area contributed by atoms with Gasteiger partial charge in [-0.15, -0.1) is 11.6 Å². The predicted molar refractivity (Wildman–Crippen MR) is 228 cm³/mol. The van der Waals surface area contributed by atoms with Crippen LogP contribution < -0.4 is 0 Å². The van der Waals surface area contributed by atoms with Crippen molar-refractivity contribution in [2.24, 2.45) is 0 Å². The van der Waals surface area contributed by atoms with Crippen LogP contribution in [0.3, 0.4) is 0 Å². The van der Waals surface area contributed by atoms with Gasteiger partial charge in [0.05, 0.1) is 5.88 Å². The standard InChI is InChI=1S/2C7H11FO3.C6H8BrFO3.C6H8ClFO3.C6H8FIO3.C6H8FNO5/c2*1-3-4-5(9)7(2,8)6(10)11-4;2*1-6(8)4(9)3(2-7)11-5(6)10;1-6(7)4(9)3(2-8)11-5(6)10;1-6(7)4(9)3(2-8(11)12)13-5(6)10/h2*4-5,9H,3H2,1-2H3;3*3-4,9H,2H2,1H3;3-4,9H,2H2,1H3/t2*4-,5+,7+;4*3-,4+,6+/m000000/s1. The number of aliphatic hydroxyl groups excluding tert-OH is 6. The summed E-state index contributed by atoms with van der Waals surface area (Å²) < 4.78 is 106. The summed E-state index contributed by atoms with van der Waals surface area (Å²) in [7, 11) is 0. The van der Waals surface area contributed by atoms with Gasteiger partial charge < -0.3 is 59.1 Å². The zero-order valence-corrected chi connectivity index (χ0v) is 41.9. The maximum atomic E-state index is 13.2. The summed E-state index contributed by atoms with van der Waals surface area (Å²) in [5.41, 5.74) is -13.8. The normalized spacial score (nSPS) is 43.2. The smallest absolute Gasteiger partial charge is 0.347 e. The third-order valence-corrected chi connectivity index (χ3v) is 12.8. The van der Waals surface area contributed by atoms with Crippen molar-refractivity contribution in [3.05, 3.63) is 10.1 Å². The average Bonchev–Trinajstić information content (AvgIpc) is 3.90. The van der Waals surface area contributed by atoms with E-state index in [1.165, 1.54) is 0 Å². The van der Waals surface area contributed by atoms with Crippen LogP contribution in [-0.4, -0.2) is 201 Å². The van der Waals surface area contributed by atoms with Gasteiger partial charge in [0, 0.05) is 14.7 Å². The van der Waals surface area contributed by atoms with E-state index in [9.17, 15) is 65.2 Å². The number of hydrogen-bond acceptors (Lipinski definition) is 20. The molecule has 394 valence electrons. The molecule has 21 nitrogen and oxygen atoms in total. The molecule has 0 radical (unpaired) electrons. The first-order valence-corrected chi connectivity index (χ1v) is 23.3. The van der Waals surface area contributed by atoms with Crippen molar-refractivity contribution in [3.63, 3.8) is 0 Å². The van der Waals surface area contributed by atoms with Crippen molar-refractivity contribution >= 4 is 85.9 Å². The minimum absolute atomic E-state index is 0.0909. The quantitative estimate of drug-likeness (QED) is 0.0396. The minimum atomic E-state index is -2.54. The lowest BCUT2D eigenvalue weighted by molar-refractivity contribution is -0.491. The van der Waals surface area contributed by atoms with E-state index in [4.69, 9.17) is 42.2 Å². The van der Waals surface area contributed by atoms with Gasteiger partial charge in [0.2, 0.25) is 40.6 Å². The Morgan fingerprint density at radius 3 is 0.853 bits per heavy atom. The van der Waals surface area contributed by atoms with Gasteiger partial charge in [-0.25, -0.2) is 55.1 Å². The lowest BCUT2D eigenvalue weighted by Gasteiger charge is -2.14. The fourth-order valence-electron chi connectivity index (χ4n) is 5.97. The highest BCUT2D eigenvalue weighted by Gasteiger charge is 2.59. The SMILES string of the molecule is CC[C@@H]1OC(=O)[C@](C)(F)[C@@H]1O.CC[C@@H]1OC(=O)[C@](C)(F)[C@@H]1O.C[C@]1(F)C(=O)O[C@@H](CBr)[C@H]1O.C[C@]1(F)C(=O)O[C@@H](CCl)[C@H]1O.C[C@]1(F)C(=O)O[C@@H](CI)[C@H]1O.C[C@]1(F)C(=O)O[C@@H](C[N+](=O)[O-])[C@H]1O. The molecule has 6 aliphatic rings. The number of alkyl halides is 9. The van der Waals surface area contributed by atoms with Crippen molar-refractivity contribution in [1.29, 1.82) is 0 Å². The van der Waals surface area contributed by atoms with Crippen molar-refractivity contribution in [2.45, 2.75) is 175 Å². The number of esters is 6. The number of aliphatic hydroxyl groups is 6. The molecular weight excluding hydrogens is 1150 g/mol. The number of nitro groups is 1. The molecule has 30 heteroatoms. The topological polar surface area (TPSA) is 322 Å². The molecule has 0 spiro atoms. The van der Waals surface area contributed by atoms with E-state index in [1.54, 1.807) is 13.8 Å². The molecule has 6 aliphatic heterocycles. The van der Waals surface area contributed by atoms with Crippen molar-refractivity contribution in [2.75, 3.05) is 22.2 Å². The van der Waals surface area contributed by atoms with Gasteiger partial charge in [-0.1, -0.05) is 52.4 Å². The molecule has 0 aromatic heterocycles. The highest BCUT2D eigenvalue weighted by Crippen LogP contribution is 2.34. The largest absolute Gasteiger partial charge is 0.457 e. The Balaban J connectivity index is 0.000000408. The van der Waals surface area contributed by atoms with E-state index in [2.05, 4.69) is 44.4 Å². The summed E-state index contributed by atoms with van der Waals surface area (Å²) in [5.74, 6) is -6.27. The molecule has 0 aromatic rings. The zero-order chi connectivity index (χ0) is 53.5. The minimum Gasteiger partial charge on any atom is -0.457 e. The molecule has 18 atom stereocenters.